The molecule has 0 spiro atoms. The van der Waals surface area contributed by atoms with Crippen molar-refractivity contribution in [1.29, 1.82) is 0 Å². The maximum atomic E-state index is 12.9. The molecule has 0 bridgehead atoms. The van der Waals surface area contributed by atoms with E-state index in [2.05, 4.69) is 40.2 Å². The van der Waals surface area contributed by atoms with Crippen LogP contribution in [-0.2, 0) is 11.2 Å². The molecule has 1 amide bonds. The van der Waals surface area contributed by atoms with Crippen LogP contribution in [0.1, 0.15) is 57.3 Å². The molecule has 0 unspecified atom stereocenters. The first-order valence-corrected chi connectivity index (χ1v) is 11.4. The number of aromatic nitrogens is 2. The number of carbonyl (C=O) groups excluding carboxylic acids is 1. The van der Waals surface area contributed by atoms with E-state index in [0.29, 0.717) is 5.91 Å². The third-order valence-corrected chi connectivity index (χ3v) is 6.30. The Labute approximate surface area is 172 Å². The third kappa shape index (κ3) is 5.53. The van der Waals surface area contributed by atoms with Gasteiger partial charge in [0.2, 0.25) is 11.0 Å². The summed E-state index contributed by atoms with van der Waals surface area (Å²) in [6, 6.07) is 10.3. The Morgan fingerprint density at radius 3 is 2.71 bits per heavy atom. The van der Waals surface area contributed by atoms with Crippen LogP contribution in [0.4, 0.5) is 5.13 Å². The molecule has 2 aromatic rings. The minimum absolute atomic E-state index is 0.186. The van der Waals surface area contributed by atoms with Crippen LogP contribution in [0, 0.1) is 5.92 Å². The molecule has 0 saturated carbocycles. The van der Waals surface area contributed by atoms with E-state index in [4.69, 9.17) is 4.98 Å². The fraction of sp³-hybridized carbons (Fsp3) is 0.591. The van der Waals surface area contributed by atoms with E-state index >= 15 is 0 Å². The van der Waals surface area contributed by atoms with Gasteiger partial charge in [0.25, 0.3) is 0 Å². The van der Waals surface area contributed by atoms with Crippen LogP contribution in [0.25, 0.3) is 0 Å². The van der Waals surface area contributed by atoms with Crippen LogP contribution in [-0.4, -0.2) is 46.3 Å². The Kier molecular flexibility index (Phi) is 7.83. The fourth-order valence-electron chi connectivity index (χ4n) is 3.76. The molecule has 1 fully saturated rings. The SMILES string of the molecule is CCCC[C@H](CC)C(=O)N1CCCN(c2nc(Cc3ccccc3)ns2)CC1. The number of nitrogens with zero attached hydrogens (tertiary/aromatic N) is 4. The van der Waals surface area contributed by atoms with E-state index in [9.17, 15) is 4.79 Å². The molecule has 1 aliphatic heterocycles. The summed E-state index contributed by atoms with van der Waals surface area (Å²) in [7, 11) is 0. The number of amides is 1. The predicted molar refractivity (Wildman–Crippen MR) is 116 cm³/mol. The zero-order valence-corrected chi connectivity index (χ0v) is 18.0. The van der Waals surface area contributed by atoms with Gasteiger partial charge in [-0.3, -0.25) is 4.79 Å². The zero-order valence-electron chi connectivity index (χ0n) is 17.1. The molecule has 1 atom stereocenters. The molecule has 3 rings (SSSR count). The molecule has 0 radical (unpaired) electrons. The Morgan fingerprint density at radius 1 is 1.14 bits per heavy atom. The lowest BCUT2D eigenvalue weighted by Gasteiger charge is -2.25. The van der Waals surface area contributed by atoms with Gasteiger partial charge >= 0.3 is 0 Å². The number of anilines is 1. The van der Waals surface area contributed by atoms with Crippen LogP contribution >= 0.6 is 11.5 Å². The first kappa shape index (κ1) is 20.8. The normalized spacial score (nSPS) is 16.1. The molecule has 1 aliphatic rings. The molecule has 152 valence electrons. The molecule has 2 heterocycles. The largest absolute Gasteiger partial charge is 0.345 e. The van der Waals surface area contributed by atoms with Crippen LogP contribution in [0.5, 0.6) is 0 Å². The number of hydrogen-bond donors (Lipinski definition) is 0. The summed E-state index contributed by atoms with van der Waals surface area (Å²) >= 11 is 1.48. The lowest BCUT2D eigenvalue weighted by atomic mass is 9.97. The summed E-state index contributed by atoms with van der Waals surface area (Å²) in [5.74, 6) is 1.42. The van der Waals surface area contributed by atoms with Crippen molar-refractivity contribution in [3.8, 4) is 0 Å². The number of hydrogen-bond acceptors (Lipinski definition) is 5. The van der Waals surface area contributed by atoms with Crippen molar-refractivity contribution in [3.63, 3.8) is 0 Å². The van der Waals surface area contributed by atoms with Gasteiger partial charge in [-0.05, 0) is 24.8 Å². The Balaban J connectivity index is 1.57. The third-order valence-electron chi connectivity index (χ3n) is 5.49. The zero-order chi connectivity index (χ0) is 19.8. The first-order valence-electron chi connectivity index (χ1n) is 10.6. The predicted octanol–water partition coefficient (Wildman–Crippen LogP) is 4.38. The van der Waals surface area contributed by atoms with Gasteiger partial charge in [0.15, 0.2) is 0 Å². The minimum atomic E-state index is 0.186. The van der Waals surface area contributed by atoms with E-state index in [-0.39, 0.29) is 5.92 Å². The molecule has 1 aromatic heterocycles. The number of benzene rings is 1. The number of rotatable bonds is 8. The van der Waals surface area contributed by atoms with Crippen LogP contribution in [0.15, 0.2) is 30.3 Å². The summed E-state index contributed by atoms with van der Waals surface area (Å²) in [6.07, 6.45) is 6.01. The Bertz CT molecular complexity index is 733. The first-order chi connectivity index (χ1) is 13.7. The van der Waals surface area contributed by atoms with Gasteiger partial charge in [-0.15, -0.1) is 0 Å². The number of unbranched alkanes of at least 4 members (excludes halogenated alkanes) is 1. The second-order valence-electron chi connectivity index (χ2n) is 7.57. The highest BCUT2D eigenvalue weighted by atomic mass is 32.1. The molecule has 5 nitrogen and oxygen atoms in total. The summed E-state index contributed by atoms with van der Waals surface area (Å²) in [4.78, 5) is 22.1. The monoisotopic (exact) mass is 400 g/mol. The van der Waals surface area contributed by atoms with Crippen molar-refractivity contribution >= 4 is 22.6 Å². The van der Waals surface area contributed by atoms with E-state index in [0.717, 1.165) is 75.7 Å². The highest BCUT2D eigenvalue weighted by molar-refractivity contribution is 7.09. The lowest BCUT2D eigenvalue weighted by molar-refractivity contribution is -0.135. The van der Waals surface area contributed by atoms with Crippen molar-refractivity contribution in [1.82, 2.24) is 14.3 Å². The molecular formula is C22H32N4OS. The van der Waals surface area contributed by atoms with Gasteiger partial charge in [0, 0.05) is 50.1 Å². The quantitative estimate of drug-likeness (QED) is 0.660. The smallest absolute Gasteiger partial charge is 0.225 e. The van der Waals surface area contributed by atoms with E-state index in [1.165, 1.54) is 17.1 Å². The summed E-state index contributed by atoms with van der Waals surface area (Å²) in [5, 5.41) is 0.984. The van der Waals surface area contributed by atoms with Crippen molar-refractivity contribution in [2.45, 2.75) is 52.4 Å². The van der Waals surface area contributed by atoms with E-state index in [1.807, 2.05) is 18.2 Å². The van der Waals surface area contributed by atoms with Crippen LogP contribution in [0.2, 0.25) is 0 Å². The minimum Gasteiger partial charge on any atom is -0.345 e. The van der Waals surface area contributed by atoms with E-state index < -0.39 is 0 Å². The molecule has 1 aromatic carbocycles. The van der Waals surface area contributed by atoms with Gasteiger partial charge in [0.1, 0.15) is 5.82 Å². The maximum absolute atomic E-state index is 12.9. The van der Waals surface area contributed by atoms with Crippen LogP contribution in [0.3, 0.4) is 0 Å². The molecule has 6 heteroatoms. The lowest BCUT2D eigenvalue weighted by Crippen LogP contribution is -2.39. The number of carbonyl (C=O) groups is 1. The van der Waals surface area contributed by atoms with Crippen molar-refractivity contribution in [2.24, 2.45) is 5.92 Å². The standard InChI is InChI=1S/C22H32N4OS/c1-3-5-12-19(4-2)21(27)25-13-9-14-26(16-15-25)22-23-20(24-28-22)17-18-10-7-6-8-11-18/h6-8,10-11,19H,3-5,9,12-17H2,1-2H3/t19-/m0/s1. The van der Waals surface area contributed by atoms with Gasteiger partial charge in [-0.1, -0.05) is 57.0 Å². The van der Waals surface area contributed by atoms with Crippen LogP contribution < -0.4 is 4.90 Å². The van der Waals surface area contributed by atoms with Gasteiger partial charge < -0.3 is 9.80 Å². The van der Waals surface area contributed by atoms with E-state index in [1.54, 1.807) is 0 Å². The second kappa shape index (κ2) is 10.6. The van der Waals surface area contributed by atoms with Gasteiger partial charge in [-0.2, -0.15) is 4.37 Å². The summed E-state index contributed by atoms with van der Waals surface area (Å²) < 4.78 is 4.55. The average molecular weight is 401 g/mol. The Morgan fingerprint density at radius 2 is 1.96 bits per heavy atom. The molecule has 1 saturated heterocycles. The summed E-state index contributed by atoms with van der Waals surface area (Å²) in [5.41, 5.74) is 1.23. The van der Waals surface area contributed by atoms with Crippen molar-refractivity contribution < 1.29 is 4.79 Å². The topological polar surface area (TPSA) is 49.3 Å². The van der Waals surface area contributed by atoms with Gasteiger partial charge in [0.05, 0.1) is 0 Å². The molecule has 0 aliphatic carbocycles. The second-order valence-corrected chi connectivity index (χ2v) is 8.30. The average Bonchev–Trinajstić information content (AvgIpc) is 3.04. The maximum Gasteiger partial charge on any atom is 0.225 e. The molecule has 28 heavy (non-hydrogen) atoms. The highest BCUT2D eigenvalue weighted by Gasteiger charge is 2.25. The van der Waals surface area contributed by atoms with Gasteiger partial charge in [-0.25, -0.2) is 4.98 Å². The van der Waals surface area contributed by atoms with Crippen molar-refractivity contribution in [3.05, 3.63) is 41.7 Å². The Hall–Kier alpha value is -1.95. The summed E-state index contributed by atoms with van der Waals surface area (Å²) in [6.45, 7) is 7.75. The highest BCUT2D eigenvalue weighted by Crippen LogP contribution is 2.22. The molecular weight excluding hydrogens is 368 g/mol. The molecule has 0 N–H and O–H groups in total. The van der Waals surface area contributed by atoms with Crippen molar-refractivity contribution in [2.75, 3.05) is 31.1 Å². The fourth-order valence-corrected chi connectivity index (χ4v) is 4.50.